The summed E-state index contributed by atoms with van der Waals surface area (Å²) >= 11 is 17.7. The summed E-state index contributed by atoms with van der Waals surface area (Å²) in [6.07, 6.45) is 1.01. The SMILES string of the molecule is CC(C)c1cnc(NC(=O)OCC(Cl)(Cl)Cl)s1. The second kappa shape index (κ2) is 6.09. The van der Waals surface area contributed by atoms with Crippen LogP contribution in [0, 0.1) is 0 Å². The van der Waals surface area contributed by atoms with Crippen molar-refractivity contribution in [3.63, 3.8) is 0 Å². The molecule has 0 atom stereocenters. The van der Waals surface area contributed by atoms with Gasteiger partial charge >= 0.3 is 6.09 Å². The lowest BCUT2D eigenvalue weighted by molar-refractivity contribution is 0.164. The zero-order chi connectivity index (χ0) is 13.1. The molecule has 0 spiro atoms. The van der Waals surface area contributed by atoms with Gasteiger partial charge < -0.3 is 4.74 Å². The number of carbonyl (C=O) groups excluding carboxylic acids is 1. The summed E-state index contributed by atoms with van der Waals surface area (Å²) in [4.78, 5) is 16.4. The first kappa shape index (κ1) is 14.8. The van der Waals surface area contributed by atoms with E-state index in [2.05, 4.69) is 10.3 Å². The van der Waals surface area contributed by atoms with E-state index in [9.17, 15) is 4.79 Å². The summed E-state index contributed by atoms with van der Waals surface area (Å²) in [5, 5.41) is 2.92. The Bertz CT molecular complexity index is 390. The van der Waals surface area contributed by atoms with Gasteiger partial charge in [-0.1, -0.05) is 48.7 Å². The van der Waals surface area contributed by atoms with Crippen LogP contribution in [0.1, 0.15) is 24.6 Å². The Hall–Kier alpha value is -0.230. The second-order valence-electron chi connectivity index (χ2n) is 3.54. The molecule has 4 nitrogen and oxygen atoms in total. The van der Waals surface area contributed by atoms with Crippen molar-refractivity contribution < 1.29 is 9.53 Å². The van der Waals surface area contributed by atoms with Gasteiger partial charge in [0.25, 0.3) is 0 Å². The molecule has 0 saturated heterocycles. The Morgan fingerprint density at radius 2 is 2.24 bits per heavy atom. The quantitative estimate of drug-likeness (QED) is 0.851. The van der Waals surface area contributed by atoms with Crippen molar-refractivity contribution >= 4 is 57.4 Å². The summed E-state index contributed by atoms with van der Waals surface area (Å²) < 4.78 is 3.09. The van der Waals surface area contributed by atoms with Crippen LogP contribution in [0.2, 0.25) is 0 Å². The smallest absolute Gasteiger partial charge is 0.413 e. The standard InChI is InChI=1S/C9H11Cl3N2O2S/c1-5(2)6-3-13-7(17-6)14-8(15)16-4-9(10,11)12/h3,5H,4H2,1-2H3,(H,13,14,15). The average molecular weight is 318 g/mol. The third-order valence-electron chi connectivity index (χ3n) is 1.67. The number of ether oxygens (including phenoxy) is 1. The van der Waals surface area contributed by atoms with E-state index in [1.54, 1.807) is 6.20 Å². The second-order valence-corrected chi connectivity index (χ2v) is 7.12. The number of halogens is 3. The summed E-state index contributed by atoms with van der Waals surface area (Å²) in [7, 11) is 0. The van der Waals surface area contributed by atoms with E-state index in [1.165, 1.54) is 11.3 Å². The van der Waals surface area contributed by atoms with Gasteiger partial charge in [-0.3, -0.25) is 5.32 Å². The third-order valence-corrected chi connectivity index (χ3v) is 3.21. The van der Waals surface area contributed by atoms with Gasteiger partial charge in [-0.25, -0.2) is 9.78 Å². The molecule has 0 fully saturated rings. The van der Waals surface area contributed by atoms with Crippen LogP contribution in [0.5, 0.6) is 0 Å². The van der Waals surface area contributed by atoms with E-state index in [0.29, 0.717) is 11.0 Å². The van der Waals surface area contributed by atoms with E-state index in [4.69, 9.17) is 39.5 Å². The van der Waals surface area contributed by atoms with Crippen molar-refractivity contribution in [2.75, 3.05) is 11.9 Å². The van der Waals surface area contributed by atoms with Crippen LogP contribution in [-0.4, -0.2) is 21.5 Å². The minimum atomic E-state index is -1.61. The molecular weight excluding hydrogens is 307 g/mol. The van der Waals surface area contributed by atoms with Crippen LogP contribution in [0.4, 0.5) is 9.93 Å². The van der Waals surface area contributed by atoms with E-state index in [1.807, 2.05) is 13.8 Å². The molecule has 1 aromatic heterocycles. The number of thiazole rings is 1. The van der Waals surface area contributed by atoms with Crippen molar-refractivity contribution in [1.82, 2.24) is 4.98 Å². The van der Waals surface area contributed by atoms with Gasteiger partial charge in [0.05, 0.1) is 0 Å². The lowest BCUT2D eigenvalue weighted by atomic mass is 10.2. The zero-order valence-electron chi connectivity index (χ0n) is 9.17. The van der Waals surface area contributed by atoms with Crippen molar-refractivity contribution in [2.24, 2.45) is 0 Å². The molecule has 8 heteroatoms. The lowest BCUT2D eigenvalue weighted by Gasteiger charge is -2.10. The fourth-order valence-corrected chi connectivity index (χ4v) is 1.85. The summed E-state index contributed by atoms with van der Waals surface area (Å²) in [6, 6.07) is 0. The number of aromatic nitrogens is 1. The Kier molecular flexibility index (Phi) is 5.31. The maximum Gasteiger partial charge on any atom is 0.413 e. The molecule has 0 bridgehead atoms. The highest BCUT2D eigenvalue weighted by atomic mass is 35.6. The largest absolute Gasteiger partial charge is 0.445 e. The van der Waals surface area contributed by atoms with Crippen LogP contribution in [-0.2, 0) is 4.74 Å². The molecule has 0 aliphatic carbocycles. The molecule has 0 unspecified atom stereocenters. The first-order valence-electron chi connectivity index (χ1n) is 4.74. The third kappa shape index (κ3) is 5.77. The molecule has 0 saturated carbocycles. The predicted octanol–water partition coefficient (Wildman–Crippen LogP) is 4.19. The highest BCUT2D eigenvalue weighted by Gasteiger charge is 2.22. The molecular formula is C9H11Cl3N2O2S. The number of rotatable bonds is 3. The Labute approximate surface area is 118 Å². The number of anilines is 1. The van der Waals surface area contributed by atoms with Crippen LogP contribution in [0.15, 0.2) is 6.20 Å². The van der Waals surface area contributed by atoms with Gasteiger partial charge in [0.1, 0.15) is 6.61 Å². The maximum absolute atomic E-state index is 11.3. The number of alkyl halides is 3. The summed E-state index contributed by atoms with van der Waals surface area (Å²) in [6.45, 7) is 3.77. The minimum Gasteiger partial charge on any atom is -0.445 e. The predicted molar refractivity (Wildman–Crippen MR) is 71.5 cm³/mol. The van der Waals surface area contributed by atoms with E-state index >= 15 is 0 Å². The highest BCUT2D eigenvalue weighted by molar-refractivity contribution is 7.15. The molecule has 1 N–H and O–H groups in total. The molecule has 1 aromatic rings. The fraction of sp³-hybridized carbons (Fsp3) is 0.556. The molecule has 1 amide bonds. The first-order valence-corrected chi connectivity index (χ1v) is 6.69. The lowest BCUT2D eigenvalue weighted by Crippen LogP contribution is -2.21. The van der Waals surface area contributed by atoms with Gasteiger partial charge in [0, 0.05) is 11.1 Å². The van der Waals surface area contributed by atoms with Crippen LogP contribution >= 0.6 is 46.1 Å². The van der Waals surface area contributed by atoms with Crippen LogP contribution in [0.3, 0.4) is 0 Å². The van der Waals surface area contributed by atoms with Crippen LogP contribution in [0.25, 0.3) is 0 Å². The number of hydrogen-bond donors (Lipinski definition) is 1. The molecule has 1 rings (SSSR count). The molecule has 0 radical (unpaired) electrons. The Morgan fingerprint density at radius 3 is 2.71 bits per heavy atom. The molecule has 96 valence electrons. The van der Waals surface area contributed by atoms with Gasteiger partial charge in [-0.15, -0.1) is 11.3 Å². The molecule has 1 heterocycles. The summed E-state index contributed by atoms with van der Waals surface area (Å²) in [5.74, 6) is 0.361. The van der Waals surface area contributed by atoms with Gasteiger partial charge in [0.15, 0.2) is 5.13 Å². The van der Waals surface area contributed by atoms with Gasteiger partial charge in [-0.05, 0) is 5.92 Å². The molecule has 17 heavy (non-hydrogen) atoms. The minimum absolute atomic E-state index is 0.314. The number of nitrogens with one attached hydrogen (secondary N) is 1. The zero-order valence-corrected chi connectivity index (χ0v) is 12.3. The van der Waals surface area contributed by atoms with Gasteiger partial charge in [0.2, 0.25) is 3.79 Å². The van der Waals surface area contributed by atoms with E-state index in [-0.39, 0.29) is 6.61 Å². The number of amides is 1. The van der Waals surface area contributed by atoms with E-state index in [0.717, 1.165) is 4.88 Å². The summed E-state index contributed by atoms with van der Waals surface area (Å²) in [5.41, 5.74) is 0. The monoisotopic (exact) mass is 316 g/mol. The number of nitrogens with zero attached hydrogens (tertiary/aromatic N) is 1. The van der Waals surface area contributed by atoms with Crippen molar-refractivity contribution in [2.45, 2.75) is 23.6 Å². The van der Waals surface area contributed by atoms with Crippen LogP contribution < -0.4 is 5.32 Å². The number of carbonyl (C=O) groups is 1. The van der Waals surface area contributed by atoms with Gasteiger partial charge in [-0.2, -0.15) is 0 Å². The average Bonchev–Trinajstić information content (AvgIpc) is 2.62. The molecule has 0 aromatic carbocycles. The van der Waals surface area contributed by atoms with E-state index < -0.39 is 9.89 Å². The highest BCUT2D eigenvalue weighted by Crippen LogP contribution is 2.27. The molecule has 0 aliphatic rings. The van der Waals surface area contributed by atoms with Crippen molar-refractivity contribution in [3.8, 4) is 0 Å². The maximum atomic E-state index is 11.3. The topological polar surface area (TPSA) is 51.2 Å². The van der Waals surface area contributed by atoms with Crippen molar-refractivity contribution in [3.05, 3.63) is 11.1 Å². The Balaban J connectivity index is 2.45. The molecule has 0 aliphatic heterocycles. The fourth-order valence-electron chi connectivity index (χ4n) is 0.882. The normalized spacial score (nSPS) is 11.6. The first-order chi connectivity index (χ1) is 7.78. The number of hydrogen-bond acceptors (Lipinski definition) is 4. The Morgan fingerprint density at radius 1 is 1.59 bits per heavy atom. The van der Waals surface area contributed by atoms with Crippen molar-refractivity contribution in [1.29, 1.82) is 0 Å².